The summed E-state index contributed by atoms with van der Waals surface area (Å²) in [6.45, 7) is 0.0742. The Morgan fingerprint density at radius 2 is 1.82 bits per heavy atom. The van der Waals surface area contributed by atoms with Gasteiger partial charge in [0.15, 0.2) is 0 Å². The summed E-state index contributed by atoms with van der Waals surface area (Å²) in [6.07, 6.45) is 0. The normalized spacial score (nSPS) is 13.1. The van der Waals surface area contributed by atoms with Crippen LogP contribution < -0.4 is 34.9 Å². The van der Waals surface area contributed by atoms with Gasteiger partial charge in [-0.1, -0.05) is 54.6 Å². The van der Waals surface area contributed by atoms with Crippen molar-refractivity contribution in [3.8, 4) is 11.4 Å². The van der Waals surface area contributed by atoms with Gasteiger partial charge in [-0.2, -0.15) is 5.21 Å². The first-order chi connectivity index (χ1) is 13.3. The van der Waals surface area contributed by atoms with E-state index >= 15 is 0 Å². The van der Waals surface area contributed by atoms with Crippen molar-refractivity contribution in [1.82, 2.24) is 20.6 Å². The Kier molecular flexibility index (Phi) is 5.04. The first kappa shape index (κ1) is 18.5. The molecule has 0 aliphatic carbocycles. The summed E-state index contributed by atoms with van der Waals surface area (Å²) in [6, 6.07) is 19.8. The molecular formula is C20H15N6NaO. The third-order valence-electron chi connectivity index (χ3n) is 4.57. The van der Waals surface area contributed by atoms with Gasteiger partial charge < -0.3 is 6.74 Å². The number of amides is 1. The summed E-state index contributed by atoms with van der Waals surface area (Å²) in [5.74, 6) is 0.385. The van der Waals surface area contributed by atoms with Crippen molar-refractivity contribution in [2.24, 2.45) is 4.99 Å². The molecule has 1 amide bonds. The number of aromatic nitrogens is 4. The van der Waals surface area contributed by atoms with Gasteiger partial charge in [-0.05, 0) is 16.7 Å². The van der Waals surface area contributed by atoms with Gasteiger partial charge in [-0.15, -0.1) is 10.2 Å². The molecule has 1 aliphatic heterocycles. The van der Waals surface area contributed by atoms with Gasteiger partial charge in [0, 0.05) is 22.1 Å². The molecule has 8 heteroatoms. The van der Waals surface area contributed by atoms with Crippen molar-refractivity contribution in [1.29, 1.82) is 0 Å². The largest absolute Gasteiger partial charge is 1.00 e. The molecule has 0 spiro atoms. The Bertz CT molecular complexity index is 1210. The van der Waals surface area contributed by atoms with Crippen LogP contribution in [-0.4, -0.2) is 38.8 Å². The average molecular weight is 378 g/mol. The van der Waals surface area contributed by atoms with Crippen LogP contribution in [0.4, 0.5) is 5.69 Å². The van der Waals surface area contributed by atoms with Crippen LogP contribution >= 0.6 is 0 Å². The van der Waals surface area contributed by atoms with E-state index in [1.807, 2.05) is 60.7 Å². The van der Waals surface area contributed by atoms with Gasteiger partial charge >= 0.3 is 29.6 Å². The van der Waals surface area contributed by atoms with Crippen LogP contribution in [0.15, 0.2) is 65.7 Å². The summed E-state index contributed by atoms with van der Waals surface area (Å²) in [5, 5.41) is 19.2. The third kappa shape index (κ3) is 3.24. The minimum Gasteiger partial charge on any atom is -1.00 e. The average Bonchev–Trinajstić information content (AvgIpc) is 3.18. The predicted molar refractivity (Wildman–Crippen MR) is 104 cm³/mol. The number of anilines is 1. The number of fused-ring (bicyclic) bond motifs is 3. The second-order valence-electron chi connectivity index (χ2n) is 6.24. The van der Waals surface area contributed by atoms with Crippen molar-refractivity contribution >= 4 is 28.1 Å². The number of carbonyl (C=O) groups is 1. The monoisotopic (exact) mass is 378 g/mol. The van der Waals surface area contributed by atoms with Crippen LogP contribution in [0.25, 0.3) is 22.2 Å². The van der Waals surface area contributed by atoms with Crippen molar-refractivity contribution in [3.63, 3.8) is 0 Å². The van der Waals surface area contributed by atoms with E-state index in [0.29, 0.717) is 5.82 Å². The maximum absolute atomic E-state index is 12.3. The SMILES string of the molecule is O=C1CN=C(c2cccc(-c3nn[nH]n3)c2)c2ccc3ccccc3c2N1.[H-].[Na+]. The number of carbonyl (C=O) groups excluding carboxylic acids is 1. The number of nitrogens with one attached hydrogen (secondary N) is 2. The molecule has 0 fully saturated rings. The fourth-order valence-corrected chi connectivity index (χ4v) is 3.35. The van der Waals surface area contributed by atoms with Crippen LogP contribution in [0.1, 0.15) is 12.6 Å². The molecule has 0 bridgehead atoms. The molecule has 4 aromatic rings. The summed E-state index contributed by atoms with van der Waals surface area (Å²) in [7, 11) is 0. The maximum atomic E-state index is 12.3. The van der Waals surface area contributed by atoms with E-state index in [2.05, 4.69) is 30.9 Å². The first-order valence-electron chi connectivity index (χ1n) is 8.50. The molecule has 2 N–H and O–H groups in total. The van der Waals surface area contributed by atoms with Crippen molar-refractivity contribution in [2.45, 2.75) is 0 Å². The molecule has 3 aromatic carbocycles. The quantitative estimate of drug-likeness (QED) is 0.477. The zero-order chi connectivity index (χ0) is 18.2. The second kappa shape index (κ2) is 7.63. The van der Waals surface area contributed by atoms with Gasteiger partial charge in [0.2, 0.25) is 11.7 Å². The predicted octanol–water partition coefficient (Wildman–Crippen LogP) is -0.0741. The van der Waals surface area contributed by atoms with Crippen LogP contribution in [-0.2, 0) is 4.79 Å². The van der Waals surface area contributed by atoms with Gasteiger partial charge in [-0.3, -0.25) is 9.79 Å². The Labute approximate surface area is 184 Å². The number of rotatable bonds is 2. The minimum atomic E-state index is -0.128. The van der Waals surface area contributed by atoms with E-state index in [9.17, 15) is 4.79 Å². The molecule has 0 unspecified atom stereocenters. The Hall–Kier alpha value is -2.87. The zero-order valence-electron chi connectivity index (χ0n) is 16.2. The molecule has 0 saturated carbocycles. The smallest absolute Gasteiger partial charge is 1.00 e. The topological polar surface area (TPSA) is 95.9 Å². The number of aromatic amines is 1. The molecule has 2 heterocycles. The van der Waals surface area contributed by atoms with Crippen molar-refractivity contribution in [2.75, 3.05) is 11.9 Å². The fourth-order valence-electron chi connectivity index (χ4n) is 3.35. The Balaban J connectivity index is 0.00000120. The van der Waals surface area contributed by atoms with Gasteiger partial charge in [-0.25, -0.2) is 0 Å². The molecule has 132 valence electrons. The summed E-state index contributed by atoms with van der Waals surface area (Å²) >= 11 is 0. The van der Waals surface area contributed by atoms with Crippen LogP contribution in [0.3, 0.4) is 0 Å². The molecule has 0 saturated heterocycles. The van der Waals surface area contributed by atoms with E-state index in [1.165, 1.54) is 0 Å². The van der Waals surface area contributed by atoms with E-state index in [1.54, 1.807) is 0 Å². The fraction of sp³-hybridized carbons (Fsp3) is 0.0500. The molecule has 0 radical (unpaired) electrons. The number of H-pyrrole nitrogens is 1. The van der Waals surface area contributed by atoms with Crippen molar-refractivity contribution in [3.05, 3.63) is 71.8 Å². The number of hydrogen-bond acceptors (Lipinski definition) is 5. The van der Waals surface area contributed by atoms with Gasteiger partial charge in [0.05, 0.1) is 11.4 Å². The first-order valence-corrected chi connectivity index (χ1v) is 8.50. The van der Waals surface area contributed by atoms with E-state index < -0.39 is 0 Å². The Morgan fingerprint density at radius 3 is 2.68 bits per heavy atom. The maximum Gasteiger partial charge on any atom is 1.00 e. The van der Waals surface area contributed by atoms with E-state index in [4.69, 9.17) is 0 Å². The zero-order valence-corrected chi connectivity index (χ0v) is 17.2. The van der Waals surface area contributed by atoms with Gasteiger partial charge in [0.25, 0.3) is 0 Å². The molecule has 5 rings (SSSR count). The van der Waals surface area contributed by atoms with Crippen LogP contribution in [0.2, 0.25) is 0 Å². The van der Waals surface area contributed by atoms with E-state index in [-0.39, 0.29) is 43.4 Å². The number of benzene rings is 3. The number of nitrogens with zero attached hydrogens (tertiary/aromatic N) is 4. The molecule has 7 nitrogen and oxygen atoms in total. The third-order valence-corrected chi connectivity index (χ3v) is 4.57. The second-order valence-corrected chi connectivity index (χ2v) is 6.24. The van der Waals surface area contributed by atoms with Gasteiger partial charge in [0.1, 0.15) is 6.54 Å². The molecular weight excluding hydrogens is 363 g/mol. The molecule has 0 atom stereocenters. The molecule has 28 heavy (non-hydrogen) atoms. The molecule has 1 aliphatic rings. The van der Waals surface area contributed by atoms with Crippen LogP contribution in [0, 0.1) is 0 Å². The summed E-state index contributed by atoms with van der Waals surface area (Å²) < 4.78 is 0. The minimum absolute atomic E-state index is 0. The van der Waals surface area contributed by atoms with E-state index in [0.717, 1.165) is 38.9 Å². The van der Waals surface area contributed by atoms with Crippen molar-refractivity contribution < 1.29 is 35.8 Å². The number of hydrogen-bond donors (Lipinski definition) is 2. The Morgan fingerprint density at radius 1 is 0.964 bits per heavy atom. The number of aliphatic imine (C=N–C) groups is 1. The molecule has 1 aromatic heterocycles. The van der Waals surface area contributed by atoms with Crippen LogP contribution in [0.5, 0.6) is 0 Å². The standard InChI is InChI=1S/C20H14N6O.Na.H/c27-17-11-21-18(13-5-3-6-14(10-13)20-23-25-26-24-20)16-9-8-12-4-1-2-7-15(12)19(16)22-17;;/h1-10H,11H2,(H,22,27)(H,23,24,25,26);;/q;+1;-1. The number of tetrazole rings is 1. The summed E-state index contributed by atoms with van der Waals surface area (Å²) in [4.78, 5) is 16.9. The summed E-state index contributed by atoms with van der Waals surface area (Å²) in [5.41, 5.74) is 4.17.